The van der Waals surface area contributed by atoms with E-state index in [1.807, 2.05) is 0 Å². The molecule has 2 aromatic carbocycles. The van der Waals surface area contributed by atoms with E-state index in [1.165, 1.54) is 18.2 Å². The topological polar surface area (TPSA) is 65.7 Å². The molecule has 0 atom stereocenters. The number of esters is 2. The van der Waals surface area contributed by atoms with Crippen molar-refractivity contribution in [2.75, 3.05) is 6.61 Å². The predicted molar refractivity (Wildman–Crippen MR) is 104 cm³/mol. The van der Waals surface area contributed by atoms with Crippen LogP contribution in [-0.4, -0.2) is 18.5 Å². The van der Waals surface area contributed by atoms with Gasteiger partial charge in [0.25, 0.3) is 0 Å². The molecule has 9 heteroatoms. The summed E-state index contributed by atoms with van der Waals surface area (Å²) in [6.07, 6.45) is -2.76. The molecule has 0 spiro atoms. The first-order valence-corrected chi connectivity index (χ1v) is 9.04. The number of carbonyl (C=O) groups excluding carboxylic acids is 2. The van der Waals surface area contributed by atoms with Crippen molar-refractivity contribution >= 4 is 33.9 Å². The zero-order chi connectivity index (χ0) is 22.8. The lowest BCUT2D eigenvalue weighted by Gasteiger charge is -2.12. The third kappa shape index (κ3) is 4.45. The predicted octanol–water partition coefficient (Wildman–Crippen LogP) is 5.50. The van der Waals surface area contributed by atoms with Crippen molar-refractivity contribution in [3.8, 4) is 5.75 Å². The fraction of sp³-hybridized carbons (Fsp3) is 0.182. The summed E-state index contributed by atoms with van der Waals surface area (Å²) in [5, 5.41) is 0.160. The van der Waals surface area contributed by atoms with Crippen molar-refractivity contribution in [3.63, 3.8) is 0 Å². The number of carbonyl (C=O) groups is 2. The molecule has 0 aliphatic rings. The van der Waals surface area contributed by atoms with Crippen molar-refractivity contribution in [1.29, 1.82) is 0 Å². The second-order valence-electron chi connectivity index (χ2n) is 6.43. The van der Waals surface area contributed by atoms with Crippen LogP contribution in [-0.2, 0) is 26.9 Å². The fourth-order valence-electron chi connectivity index (χ4n) is 3.08. The molecule has 0 saturated heterocycles. The molecule has 0 radical (unpaired) electrons. The van der Waals surface area contributed by atoms with Crippen molar-refractivity contribution < 1.29 is 41.0 Å². The number of benzene rings is 2. The van der Waals surface area contributed by atoms with E-state index in [9.17, 15) is 27.2 Å². The first kappa shape index (κ1) is 22.1. The van der Waals surface area contributed by atoms with Gasteiger partial charge in [0.1, 0.15) is 11.3 Å². The summed E-state index contributed by atoms with van der Waals surface area (Å²) in [5.41, 5.74) is -2.14. The Bertz CT molecular complexity index is 1190. The van der Waals surface area contributed by atoms with Crippen LogP contribution < -0.4 is 4.74 Å². The van der Waals surface area contributed by atoms with Gasteiger partial charge in [0.05, 0.1) is 6.61 Å². The van der Waals surface area contributed by atoms with E-state index in [2.05, 4.69) is 13.2 Å². The lowest BCUT2D eigenvalue weighted by Crippen LogP contribution is -2.12. The minimum Gasteiger partial charge on any atom is -0.463 e. The van der Waals surface area contributed by atoms with Gasteiger partial charge in [0.15, 0.2) is 17.0 Å². The Morgan fingerprint density at radius 3 is 2.29 bits per heavy atom. The third-order valence-corrected chi connectivity index (χ3v) is 4.45. The van der Waals surface area contributed by atoms with E-state index in [4.69, 9.17) is 13.9 Å². The summed E-state index contributed by atoms with van der Waals surface area (Å²) in [7, 11) is 0. The van der Waals surface area contributed by atoms with Crippen LogP contribution in [0.3, 0.4) is 0 Å². The minimum absolute atomic E-state index is 0.0195. The van der Waals surface area contributed by atoms with Crippen molar-refractivity contribution in [3.05, 3.63) is 66.5 Å². The molecule has 0 amide bonds. The molecule has 3 rings (SSSR count). The monoisotopic (exact) mass is 436 g/mol. The molecular weight excluding hydrogens is 420 g/mol. The number of aryl methyl sites for hydroxylation is 1. The molecule has 162 valence electrons. The van der Waals surface area contributed by atoms with Gasteiger partial charge in [0, 0.05) is 22.9 Å². The second-order valence-corrected chi connectivity index (χ2v) is 6.43. The average Bonchev–Trinajstić information content (AvgIpc) is 3.10. The summed E-state index contributed by atoms with van der Waals surface area (Å²) in [5.74, 6) is -3.28. The normalized spacial score (nSPS) is 11.5. The van der Waals surface area contributed by atoms with Crippen LogP contribution in [0.5, 0.6) is 5.75 Å². The maximum atomic E-state index is 15.0. The minimum atomic E-state index is -4.93. The number of hydrogen-bond acceptors (Lipinski definition) is 5. The van der Waals surface area contributed by atoms with Crippen LogP contribution in [0.4, 0.5) is 17.6 Å². The molecule has 0 saturated carbocycles. The molecule has 0 bridgehead atoms. The molecule has 3 aromatic rings. The van der Waals surface area contributed by atoms with Crippen LogP contribution in [0.15, 0.2) is 54.0 Å². The maximum Gasteiger partial charge on any atom is 0.423 e. The molecule has 0 unspecified atom stereocenters. The van der Waals surface area contributed by atoms with Crippen LogP contribution in [0.2, 0.25) is 0 Å². The van der Waals surface area contributed by atoms with Crippen molar-refractivity contribution in [2.45, 2.75) is 19.0 Å². The van der Waals surface area contributed by atoms with Crippen LogP contribution in [0.1, 0.15) is 17.5 Å². The number of alkyl halides is 3. The maximum absolute atomic E-state index is 15.0. The van der Waals surface area contributed by atoms with Crippen molar-refractivity contribution in [2.24, 2.45) is 0 Å². The van der Waals surface area contributed by atoms with Gasteiger partial charge < -0.3 is 13.9 Å². The lowest BCUT2D eigenvalue weighted by molar-refractivity contribution is -0.140. The molecule has 1 aromatic heterocycles. The quantitative estimate of drug-likeness (QED) is 0.161. The van der Waals surface area contributed by atoms with E-state index in [-0.39, 0.29) is 41.4 Å². The Morgan fingerprint density at radius 2 is 1.65 bits per heavy atom. The van der Waals surface area contributed by atoms with Gasteiger partial charge in [-0.25, -0.2) is 14.0 Å². The number of rotatable bonds is 7. The highest BCUT2D eigenvalue weighted by Crippen LogP contribution is 2.45. The summed E-state index contributed by atoms with van der Waals surface area (Å²) >= 11 is 0. The van der Waals surface area contributed by atoms with Gasteiger partial charge in [-0.05, 0) is 36.6 Å². The smallest absolute Gasteiger partial charge is 0.423 e. The number of ether oxygens (including phenoxy) is 2. The fourth-order valence-corrected chi connectivity index (χ4v) is 3.08. The first-order valence-electron chi connectivity index (χ1n) is 9.04. The Balaban J connectivity index is 2.05. The standard InChI is InChI=1S/C22H16F4O5/c1-3-16(27)29-11-5-6-12-7-8-14-13-9-10-15(30-17(28)4-2)18(22(24,25)26)20(13)31-21(14)19(12)23/h3-4,7-10H,1-2,5-6,11H2. The molecule has 5 nitrogen and oxygen atoms in total. The number of fused-ring (bicyclic) bond motifs is 3. The van der Waals surface area contributed by atoms with E-state index < -0.39 is 40.8 Å². The number of hydrogen-bond donors (Lipinski definition) is 0. The van der Waals surface area contributed by atoms with Crippen molar-refractivity contribution in [1.82, 2.24) is 0 Å². The van der Waals surface area contributed by atoms with Crippen LogP contribution in [0, 0.1) is 5.82 Å². The zero-order valence-electron chi connectivity index (χ0n) is 16.1. The van der Waals surface area contributed by atoms with Gasteiger partial charge in [-0.2, -0.15) is 13.2 Å². The van der Waals surface area contributed by atoms with Crippen LogP contribution >= 0.6 is 0 Å². The summed E-state index contributed by atoms with van der Waals surface area (Å²) in [4.78, 5) is 22.5. The lowest BCUT2D eigenvalue weighted by atomic mass is 10.0. The highest BCUT2D eigenvalue weighted by molar-refractivity contribution is 6.07. The SMILES string of the molecule is C=CC(=O)OCCCc1ccc2c(oc3c(C(F)(F)F)c(OC(=O)C=C)ccc32)c1F. The summed E-state index contributed by atoms with van der Waals surface area (Å²) in [6, 6.07) is 5.11. The van der Waals surface area contributed by atoms with Gasteiger partial charge in [-0.1, -0.05) is 19.2 Å². The largest absolute Gasteiger partial charge is 0.463 e. The Morgan fingerprint density at radius 1 is 1.00 bits per heavy atom. The van der Waals surface area contributed by atoms with Gasteiger partial charge in [0.2, 0.25) is 0 Å². The second kappa shape index (κ2) is 8.63. The Kier molecular flexibility index (Phi) is 6.14. The van der Waals surface area contributed by atoms with E-state index in [1.54, 1.807) is 0 Å². The molecule has 1 heterocycles. The molecule has 0 N–H and O–H groups in total. The van der Waals surface area contributed by atoms with E-state index in [0.717, 1.165) is 18.2 Å². The molecule has 0 aliphatic heterocycles. The zero-order valence-corrected chi connectivity index (χ0v) is 16.1. The highest BCUT2D eigenvalue weighted by Gasteiger charge is 2.39. The molecule has 0 aliphatic carbocycles. The molecule has 31 heavy (non-hydrogen) atoms. The number of furan rings is 1. The Labute approximate surface area is 173 Å². The van der Waals surface area contributed by atoms with Gasteiger partial charge >= 0.3 is 18.1 Å². The average molecular weight is 436 g/mol. The first-order chi connectivity index (χ1) is 14.7. The summed E-state index contributed by atoms with van der Waals surface area (Å²) < 4.78 is 70.9. The van der Waals surface area contributed by atoms with Crippen LogP contribution in [0.25, 0.3) is 21.9 Å². The third-order valence-electron chi connectivity index (χ3n) is 4.45. The van der Waals surface area contributed by atoms with E-state index >= 15 is 0 Å². The van der Waals surface area contributed by atoms with E-state index in [0.29, 0.717) is 0 Å². The highest BCUT2D eigenvalue weighted by atomic mass is 19.4. The molecular formula is C22H16F4O5. The number of halogens is 4. The van der Waals surface area contributed by atoms with Gasteiger partial charge in [-0.15, -0.1) is 0 Å². The molecule has 0 fully saturated rings. The Hall–Kier alpha value is -3.62. The summed E-state index contributed by atoms with van der Waals surface area (Å²) in [6.45, 7) is 6.44. The van der Waals surface area contributed by atoms with Gasteiger partial charge in [-0.3, -0.25) is 0 Å².